The summed E-state index contributed by atoms with van der Waals surface area (Å²) in [6.07, 6.45) is -1.48. The molecule has 9 heteroatoms. The molecule has 116 valence electrons. The van der Waals surface area contributed by atoms with Gasteiger partial charge in [0.15, 0.2) is 17.9 Å². The van der Waals surface area contributed by atoms with Crippen LogP contribution in [0, 0.1) is 5.92 Å². The third-order valence-corrected chi connectivity index (χ3v) is 3.40. The van der Waals surface area contributed by atoms with Crippen molar-refractivity contribution < 1.29 is 33.4 Å². The van der Waals surface area contributed by atoms with E-state index in [0.29, 0.717) is 0 Å². The van der Waals surface area contributed by atoms with Gasteiger partial charge in [-0.25, -0.2) is 14.4 Å². The lowest BCUT2D eigenvalue weighted by atomic mass is 9.97. The Hall–Kier alpha value is -2.32. The number of nitrogens with zero attached hydrogens (tertiary/aromatic N) is 2. The maximum Gasteiger partial charge on any atom is 0.410 e. The Morgan fingerprint density at radius 2 is 2.05 bits per heavy atom. The molecule has 0 aromatic rings. The SMILES string of the molecule is CCOC(=O)C1=NO[C@H]2[C@@H]1CN(C(=O)OC)[C@@H]2C(=O)OC. The molecule has 0 bridgehead atoms. The van der Waals surface area contributed by atoms with Gasteiger partial charge < -0.3 is 19.0 Å². The van der Waals surface area contributed by atoms with Crippen LogP contribution in [-0.4, -0.2) is 68.2 Å². The Balaban J connectivity index is 2.23. The molecule has 0 aromatic heterocycles. The fourth-order valence-corrected chi connectivity index (χ4v) is 2.47. The highest BCUT2D eigenvalue weighted by atomic mass is 16.7. The third kappa shape index (κ3) is 2.50. The summed E-state index contributed by atoms with van der Waals surface area (Å²) in [6, 6.07) is -1.01. The number of esters is 2. The molecule has 0 saturated carbocycles. The van der Waals surface area contributed by atoms with Gasteiger partial charge in [0.25, 0.3) is 0 Å². The maximum atomic E-state index is 11.9. The van der Waals surface area contributed by atoms with Gasteiger partial charge in [0.05, 0.1) is 26.7 Å². The summed E-state index contributed by atoms with van der Waals surface area (Å²) in [7, 11) is 2.40. The van der Waals surface area contributed by atoms with E-state index in [1.54, 1.807) is 6.92 Å². The topological polar surface area (TPSA) is 104 Å². The number of ether oxygens (including phenoxy) is 3. The Morgan fingerprint density at radius 3 is 2.62 bits per heavy atom. The summed E-state index contributed by atoms with van der Waals surface area (Å²) in [5.41, 5.74) is 0.0576. The second kappa shape index (κ2) is 5.98. The number of carbonyl (C=O) groups excluding carboxylic acids is 3. The van der Waals surface area contributed by atoms with E-state index in [1.807, 2.05) is 0 Å². The summed E-state index contributed by atoms with van der Waals surface area (Å²) in [4.78, 5) is 41.7. The van der Waals surface area contributed by atoms with Gasteiger partial charge >= 0.3 is 18.0 Å². The molecule has 1 saturated heterocycles. The first kappa shape index (κ1) is 15.1. The number of amides is 1. The van der Waals surface area contributed by atoms with E-state index >= 15 is 0 Å². The average Bonchev–Trinajstić information content (AvgIpc) is 3.04. The van der Waals surface area contributed by atoms with E-state index in [9.17, 15) is 14.4 Å². The van der Waals surface area contributed by atoms with Crippen LogP contribution in [0.5, 0.6) is 0 Å². The minimum Gasteiger partial charge on any atom is -0.467 e. The zero-order valence-corrected chi connectivity index (χ0v) is 11.9. The minimum atomic E-state index is -1.01. The Kier molecular flexibility index (Phi) is 4.29. The van der Waals surface area contributed by atoms with Gasteiger partial charge in [-0.3, -0.25) is 4.90 Å². The second-order valence-corrected chi connectivity index (χ2v) is 4.46. The third-order valence-electron chi connectivity index (χ3n) is 3.40. The summed E-state index contributed by atoms with van der Waals surface area (Å²) in [5, 5.41) is 3.68. The average molecular weight is 300 g/mol. The molecular weight excluding hydrogens is 284 g/mol. The highest BCUT2D eigenvalue weighted by Crippen LogP contribution is 2.33. The van der Waals surface area contributed by atoms with Crippen molar-refractivity contribution in [3.8, 4) is 0 Å². The van der Waals surface area contributed by atoms with Crippen molar-refractivity contribution in [2.75, 3.05) is 27.4 Å². The second-order valence-electron chi connectivity index (χ2n) is 4.46. The normalized spacial score (nSPS) is 26.5. The summed E-state index contributed by atoms with van der Waals surface area (Å²) >= 11 is 0. The van der Waals surface area contributed by atoms with Crippen LogP contribution in [0.3, 0.4) is 0 Å². The van der Waals surface area contributed by atoms with E-state index in [4.69, 9.17) is 9.57 Å². The van der Waals surface area contributed by atoms with Gasteiger partial charge in [-0.15, -0.1) is 0 Å². The number of hydrogen-bond acceptors (Lipinski definition) is 8. The molecule has 3 atom stereocenters. The van der Waals surface area contributed by atoms with E-state index < -0.39 is 36.1 Å². The van der Waals surface area contributed by atoms with Crippen molar-refractivity contribution >= 4 is 23.7 Å². The smallest absolute Gasteiger partial charge is 0.410 e. The number of methoxy groups -OCH3 is 2. The predicted octanol–water partition coefficient (Wildman–Crippen LogP) is -0.456. The van der Waals surface area contributed by atoms with Crippen LogP contribution in [0.15, 0.2) is 5.16 Å². The Labute approximate surface area is 120 Å². The maximum absolute atomic E-state index is 11.9. The van der Waals surface area contributed by atoms with E-state index in [-0.39, 0.29) is 18.9 Å². The lowest BCUT2D eigenvalue weighted by Gasteiger charge is -2.22. The molecule has 2 rings (SSSR count). The fourth-order valence-electron chi connectivity index (χ4n) is 2.47. The van der Waals surface area contributed by atoms with Crippen LogP contribution < -0.4 is 0 Å². The molecule has 1 amide bonds. The molecule has 0 aliphatic carbocycles. The molecule has 1 fully saturated rings. The molecular formula is C12H16N2O7. The lowest BCUT2D eigenvalue weighted by molar-refractivity contribution is -0.149. The van der Waals surface area contributed by atoms with Crippen LogP contribution in [0.25, 0.3) is 0 Å². The first-order valence-electron chi connectivity index (χ1n) is 6.38. The van der Waals surface area contributed by atoms with Gasteiger partial charge in [-0.2, -0.15) is 0 Å². The van der Waals surface area contributed by atoms with Crippen LogP contribution in [0.1, 0.15) is 6.92 Å². The van der Waals surface area contributed by atoms with Crippen molar-refractivity contribution in [1.82, 2.24) is 4.90 Å². The summed E-state index contributed by atoms with van der Waals surface area (Å²) < 4.78 is 14.2. The number of oxime groups is 1. The van der Waals surface area contributed by atoms with E-state index in [1.165, 1.54) is 14.2 Å². The molecule has 0 N–H and O–H groups in total. The first-order chi connectivity index (χ1) is 10.0. The number of hydrogen-bond donors (Lipinski definition) is 0. The quantitative estimate of drug-likeness (QED) is 0.513. The van der Waals surface area contributed by atoms with Gasteiger partial charge in [0.1, 0.15) is 0 Å². The summed E-state index contributed by atoms with van der Waals surface area (Å²) in [6.45, 7) is 1.92. The molecule has 0 radical (unpaired) electrons. The van der Waals surface area contributed by atoms with Crippen molar-refractivity contribution in [2.24, 2.45) is 11.1 Å². The van der Waals surface area contributed by atoms with Crippen LogP contribution in [0.4, 0.5) is 4.79 Å². The van der Waals surface area contributed by atoms with Gasteiger partial charge in [-0.1, -0.05) is 5.16 Å². The molecule has 2 aliphatic heterocycles. The Morgan fingerprint density at radius 1 is 1.33 bits per heavy atom. The van der Waals surface area contributed by atoms with Crippen molar-refractivity contribution in [1.29, 1.82) is 0 Å². The van der Waals surface area contributed by atoms with Crippen molar-refractivity contribution in [3.05, 3.63) is 0 Å². The van der Waals surface area contributed by atoms with E-state index in [2.05, 4.69) is 14.6 Å². The number of fused-ring (bicyclic) bond motifs is 1. The highest BCUT2D eigenvalue weighted by Gasteiger charge is 2.57. The number of likely N-dealkylation sites (tertiary alicyclic amines) is 1. The monoisotopic (exact) mass is 300 g/mol. The molecule has 0 spiro atoms. The van der Waals surface area contributed by atoms with Gasteiger partial charge in [0.2, 0.25) is 0 Å². The van der Waals surface area contributed by atoms with Crippen LogP contribution >= 0.6 is 0 Å². The van der Waals surface area contributed by atoms with Crippen LogP contribution in [-0.2, 0) is 28.6 Å². The zero-order chi connectivity index (χ0) is 15.6. The molecule has 0 aromatic carbocycles. The molecule has 21 heavy (non-hydrogen) atoms. The molecule has 2 aliphatic rings. The standard InChI is InChI=1S/C12H16N2O7/c1-4-20-10(15)7-6-5-14(12(17)19-3)8(11(16)18-2)9(6)21-13-7/h6,8-9H,4-5H2,1-3H3/t6-,8+,9+/m1/s1. The highest BCUT2D eigenvalue weighted by molar-refractivity contribution is 6.38. The van der Waals surface area contributed by atoms with Gasteiger partial charge in [-0.05, 0) is 6.92 Å². The van der Waals surface area contributed by atoms with Crippen LogP contribution in [0.2, 0.25) is 0 Å². The minimum absolute atomic E-state index is 0.0576. The van der Waals surface area contributed by atoms with Gasteiger partial charge in [0, 0.05) is 6.54 Å². The van der Waals surface area contributed by atoms with Crippen molar-refractivity contribution in [3.63, 3.8) is 0 Å². The molecule has 9 nitrogen and oxygen atoms in total. The summed E-state index contributed by atoms with van der Waals surface area (Å²) in [5.74, 6) is -1.83. The molecule has 2 heterocycles. The lowest BCUT2D eigenvalue weighted by Crippen LogP contribution is -2.46. The Bertz CT molecular complexity index is 490. The number of carbonyl (C=O) groups is 3. The molecule has 0 unspecified atom stereocenters. The van der Waals surface area contributed by atoms with E-state index in [0.717, 1.165) is 4.90 Å². The zero-order valence-electron chi connectivity index (χ0n) is 11.9. The largest absolute Gasteiger partial charge is 0.467 e. The number of rotatable bonds is 3. The van der Waals surface area contributed by atoms with Crippen molar-refractivity contribution in [2.45, 2.75) is 19.1 Å². The predicted molar refractivity (Wildman–Crippen MR) is 67.3 cm³/mol. The first-order valence-corrected chi connectivity index (χ1v) is 6.38. The fraction of sp³-hybridized carbons (Fsp3) is 0.667.